The van der Waals surface area contributed by atoms with Crippen molar-refractivity contribution in [3.8, 4) is 5.75 Å². The minimum Gasteiger partial charge on any atom is -0.484 e. The number of rotatable bonds is 7. The van der Waals surface area contributed by atoms with Gasteiger partial charge in [0.2, 0.25) is 11.8 Å². The van der Waals surface area contributed by atoms with Gasteiger partial charge in [-0.05, 0) is 100 Å². The summed E-state index contributed by atoms with van der Waals surface area (Å²) in [6, 6.07) is 6.62. The summed E-state index contributed by atoms with van der Waals surface area (Å²) in [7, 11) is 0. The van der Waals surface area contributed by atoms with Crippen LogP contribution < -0.4 is 15.4 Å². The third kappa shape index (κ3) is 4.46. The van der Waals surface area contributed by atoms with Gasteiger partial charge < -0.3 is 20.3 Å². The third-order valence-electron chi connectivity index (χ3n) is 8.17. The highest BCUT2D eigenvalue weighted by Crippen LogP contribution is 2.60. The summed E-state index contributed by atoms with van der Waals surface area (Å²) in [5.74, 6) is 2.67. The van der Waals surface area contributed by atoms with E-state index in [1.807, 2.05) is 11.8 Å². The van der Waals surface area contributed by atoms with Crippen LogP contribution in [0.4, 0.5) is 5.69 Å². The second-order valence-electron chi connectivity index (χ2n) is 10.6. The molecule has 6 rings (SSSR count). The van der Waals surface area contributed by atoms with Crippen molar-refractivity contribution in [1.82, 2.24) is 10.2 Å². The molecular weight excluding hydrogens is 418 g/mol. The Morgan fingerprint density at radius 1 is 1.03 bits per heavy atom. The Bertz CT molecular complexity index is 877. The van der Waals surface area contributed by atoms with E-state index in [9.17, 15) is 14.4 Å². The largest absolute Gasteiger partial charge is 0.484 e. The topological polar surface area (TPSA) is 87.7 Å². The minimum absolute atomic E-state index is 0.0387. The first-order valence-electron chi connectivity index (χ1n) is 12.6. The van der Waals surface area contributed by atoms with E-state index in [-0.39, 0.29) is 35.8 Å². The Kier molecular flexibility index (Phi) is 6.06. The monoisotopic (exact) mass is 453 g/mol. The average Bonchev–Trinajstić information content (AvgIpc) is 3.27. The molecule has 3 amide bonds. The molecule has 0 spiro atoms. The van der Waals surface area contributed by atoms with Crippen molar-refractivity contribution >= 4 is 23.4 Å². The second-order valence-corrected chi connectivity index (χ2v) is 10.6. The molecule has 4 bridgehead atoms. The summed E-state index contributed by atoms with van der Waals surface area (Å²) in [4.78, 5) is 40.4. The highest BCUT2D eigenvalue weighted by molar-refractivity contribution is 5.98. The fraction of sp³-hybridized carbons (Fsp3) is 0.654. The summed E-state index contributed by atoms with van der Waals surface area (Å²) in [6.45, 7) is 3.07. The maximum atomic E-state index is 13.8. The average molecular weight is 454 g/mol. The molecule has 7 heteroatoms. The molecule has 1 aromatic rings. The summed E-state index contributed by atoms with van der Waals surface area (Å²) in [6.07, 6.45) is 8.60. The number of hydrogen-bond acceptors (Lipinski definition) is 4. The van der Waals surface area contributed by atoms with Crippen molar-refractivity contribution in [2.24, 2.45) is 23.2 Å². The van der Waals surface area contributed by atoms with Gasteiger partial charge in [0.1, 0.15) is 11.8 Å². The van der Waals surface area contributed by atoms with Crippen LogP contribution in [0.25, 0.3) is 0 Å². The highest BCUT2D eigenvalue weighted by Gasteiger charge is 2.56. The van der Waals surface area contributed by atoms with E-state index in [0.717, 1.165) is 32.1 Å². The summed E-state index contributed by atoms with van der Waals surface area (Å²) in [5.41, 5.74) is 0.459. The van der Waals surface area contributed by atoms with Gasteiger partial charge in [0.15, 0.2) is 6.61 Å². The fourth-order valence-corrected chi connectivity index (χ4v) is 7.22. The number of carbonyl (C=O) groups excluding carboxylic acids is 3. The summed E-state index contributed by atoms with van der Waals surface area (Å²) in [5, 5.41) is 5.67. The van der Waals surface area contributed by atoms with Gasteiger partial charge in [-0.2, -0.15) is 0 Å². The van der Waals surface area contributed by atoms with Gasteiger partial charge in [-0.25, -0.2) is 0 Å². The fourth-order valence-electron chi connectivity index (χ4n) is 7.22. The van der Waals surface area contributed by atoms with Gasteiger partial charge in [-0.3, -0.25) is 14.4 Å². The van der Waals surface area contributed by atoms with Gasteiger partial charge in [0.05, 0.1) is 5.41 Å². The molecule has 1 aliphatic heterocycles. The molecule has 7 nitrogen and oxygen atoms in total. The second kappa shape index (κ2) is 8.99. The van der Waals surface area contributed by atoms with Gasteiger partial charge in [-0.1, -0.05) is 0 Å². The quantitative estimate of drug-likeness (QED) is 0.663. The Morgan fingerprint density at radius 3 is 2.27 bits per heavy atom. The first-order chi connectivity index (χ1) is 16.0. The van der Waals surface area contributed by atoms with Crippen LogP contribution in [0.3, 0.4) is 0 Å². The molecule has 0 aromatic heterocycles. The molecule has 1 heterocycles. The maximum Gasteiger partial charge on any atom is 0.257 e. The van der Waals surface area contributed by atoms with Crippen LogP contribution in [0.1, 0.15) is 58.3 Å². The van der Waals surface area contributed by atoms with Gasteiger partial charge in [0, 0.05) is 18.8 Å². The zero-order chi connectivity index (χ0) is 23.0. The SMILES string of the molecule is CCNC(=O)COc1ccc(NC(=O)C2CCCN2C(=O)C23CC4CC(CC(C4)C2)C3)cc1. The van der Waals surface area contributed by atoms with Crippen LogP contribution in [0.15, 0.2) is 24.3 Å². The Balaban J connectivity index is 1.20. The minimum atomic E-state index is -0.390. The van der Waals surface area contributed by atoms with E-state index < -0.39 is 0 Å². The van der Waals surface area contributed by atoms with Crippen LogP contribution in [0.2, 0.25) is 0 Å². The predicted molar refractivity (Wildman–Crippen MR) is 125 cm³/mol. The molecule has 1 aromatic carbocycles. The first-order valence-corrected chi connectivity index (χ1v) is 12.6. The number of amides is 3. The molecule has 2 N–H and O–H groups in total. The zero-order valence-corrected chi connectivity index (χ0v) is 19.5. The number of nitrogens with zero attached hydrogens (tertiary/aromatic N) is 1. The number of nitrogens with one attached hydrogen (secondary N) is 2. The number of carbonyl (C=O) groups is 3. The number of anilines is 1. The first kappa shape index (κ1) is 22.2. The van der Waals surface area contributed by atoms with Crippen LogP contribution >= 0.6 is 0 Å². The molecule has 5 aliphatic rings. The lowest BCUT2D eigenvalue weighted by atomic mass is 9.49. The van der Waals surface area contributed by atoms with Crippen LogP contribution in [-0.2, 0) is 14.4 Å². The van der Waals surface area contributed by atoms with Gasteiger partial charge in [0.25, 0.3) is 5.91 Å². The smallest absolute Gasteiger partial charge is 0.257 e. The van der Waals surface area contributed by atoms with Gasteiger partial charge >= 0.3 is 0 Å². The number of likely N-dealkylation sites (N-methyl/N-ethyl adjacent to an activating group) is 1. The molecule has 1 atom stereocenters. The van der Waals surface area contributed by atoms with E-state index in [0.29, 0.717) is 42.3 Å². The third-order valence-corrected chi connectivity index (χ3v) is 8.17. The standard InChI is InChI=1S/C26H35N3O4/c1-2-27-23(30)16-33-21-7-5-20(6-8-21)28-24(31)22-4-3-9-29(22)25(32)26-13-17-10-18(14-26)12-19(11-17)15-26/h5-8,17-19,22H,2-4,9-16H2,1H3,(H,27,30)(H,28,31). The van der Waals surface area contributed by atoms with E-state index in [1.165, 1.54) is 19.3 Å². The van der Waals surface area contributed by atoms with Crippen molar-refractivity contribution in [1.29, 1.82) is 0 Å². The normalized spacial score (nSPS) is 32.0. The zero-order valence-electron chi connectivity index (χ0n) is 19.5. The van der Waals surface area contributed by atoms with Crippen molar-refractivity contribution in [2.45, 2.75) is 64.3 Å². The summed E-state index contributed by atoms with van der Waals surface area (Å²) >= 11 is 0. The lowest BCUT2D eigenvalue weighted by Crippen LogP contribution is -2.56. The van der Waals surface area contributed by atoms with Crippen molar-refractivity contribution in [2.75, 3.05) is 25.0 Å². The molecule has 5 fully saturated rings. The Hall–Kier alpha value is -2.57. The van der Waals surface area contributed by atoms with Crippen LogP contribution in [-0.4, -0.2) is 48.4 Å². The molecule has 0 radical (unpaired) electrons. The molecule has 33 heavy (non-hydrogen) atoms. The Morgan fingerprint density at radius 2 is 1.67 bits per heavy atom. The van der Waals surface area contributed by atoms with E-state index in [1.54, 1.807) is 24.3 Å². The molecule has 4 aliphatic carbocycles. The van der Waals surface area contributed by atoms with E-state index in [4.69, 9.17) is 4.74 Å². The molecule has 178 valence electrons. The highest BCUT2D eigenvalue weighted by atomic mass is 16.5. The van der Waals surface area contributed by atoms with Crippen molar-refractivity contribution in [3.05, 3.63) is 24.3 Å². The van der Waals surface area contributed by atoms with Gasteiger partial charge in [-0.15, -0.1) is 0 Å². The lowest BCUT2D eigenvalue weighted by molar-refractivity contribution is -0.160. The van der Waals surface area contributed by atoms with E-state index in [2.05, 4.69) is 10.6 Å². The van der Waals surface area contributed by atoms with Crippen molar-refractivity contribution < 1.29 is 19.1 Å². The molecular formula is C26H35N3O4. The van der Waals surface area contributed by atoms with Crippen LogP contribution in [0.5, 0.6) is 5.75 Å². The molecule has 1 unspecified atom stereocenters. The number of benzene rings is 1. The number of hydrogen-bond donors (Lipinski definition) is 2. The molecule has 1 saturated heterocycles. The summed E-state index contributed by atoms with van der Waals surface area (Å²) < 4.78 is 5.47. The number of ether oxygens (including phenoxy) is 1. The number of likely N-dealkylation sites (tertiary alicyclic amines) is 1. The Labute approximate surface area is 195 Å². The lowest BCUT2D eigenvalue weighted by Gasteiger charge is -2.56. The molecule has 4 saturated carbocycles. The van der Waals surface area contributed by atoms with Crippen LogP contribution in [0, 0.1) is 23.2 Å². The predicted octanol–water partition coefficient (Wildman–Crippen LogP) is 3.35. The van der Waals surface area contributed by atoms with E-state index >= 15 is 0 Å². The van der Waals surface area contributed by atoms with Crippen molar-refractivity contribution in [3.63, 3.8) is 0 Å². The maximum absolute atomic E-state index is 13.8.